The highest BCUT2D eigenvalue weighted by atomic mass is 79.9. The molecule has 2 aromatic carbocycles. The third-order valence-corrected chi connectivity index (χ3v) is 5.44. The molecule has 1 fully saturated rings. The molecule has 0 saturated carbocycles. The third kappa shape index (κ3) is 6.08. The minimum absolute atomic E-state index is 0. The maximum atomic E-state index is 10.4. The fraction of sp³-hybridized carbons (Fsp3) is 0.400. The van der Waals surface area contributed by atoms with Crippen LogP contribution in [0, 0.1) is 0 Å². The zero-order chi connectivity index (χ0) is 18.5. The van der Waals surface area contributed by atoms with E-state index in [1.807, 2.05) is 24.3 Å². The molecule has 4 nitrogen and oxygen atoms in total. The van der Waals surface area contributed by atoms with E-state index in [-0.39, 0.29) is 31.2 Å². The van der Waals surface area contributed by atoms with Gasteiger partial charge in [0, 0.05) is 23.6 Å². The van der Waals surface area contributed by atoms with Gasteiger partial charge in [0.25, 0.3) is 0 Å². The number of ether oxygens (including phenoxy) is 2. The van der Waals surface area contributed by atoms with Crippen LogP contribution in [-0.4, -0.2) is 48.5 Å². The van der Waals surface area contributed by atoms with Crippen LogP contribution in [0.15, 0.2) is 53.0 Å². The number of nitrogens with zero attached hydrogens (tertiary/aromatic N) is 1. The molecule has 3 rings (SSSR count). The number of morpholine rings is 1. The fourth-order valence-electron chi connectivity index (χ4n) is 3.19. The number of rotatable bonds is 6. The molecular weight excluding hydrogens is 453 g/mol. The Labute approximate surface area is 180 Å². The first-order chi connectivity index (χ1) is 12.5. The quantitative estimate of drug-likeness (QED) is 0.654. The van der Waals surface area contributed by atoms with E-state index in [0.29, 0.717) is 23.9 Å². The lowest BCUT2D eigenvalue weighted by Gasteiger charge is -2.40. The van der Waals surface area contributed by atoms with Gasteiger partial charge in [0.15, 0.2) is 0 Å². The molecule has 1 saturated heterocycles. The second-order valence-electron chi connectivity index (χ2n) is 6.47. The van der Waals surface area contributed by atoms with E-state index in [1.165, 1.54) is 0 Å². The van der Waals surface area contributed by atoms with Crippen LogP contribution in [0.3, 0.4) is 0 Å². The second-order valence-corrected chi connectivity index (χ2v) is 7.80. The van der Waals surface area contributed by atoms with Gasteiger partial charge in [0.05, 0.1) is 17.7 Å². The molecule has 7 heteroatoms. The van der Waals surface area contributed by atoms with Gasteiger partial charge in [0.1, 0.15) is 18.5 Å². The van der Waals surface area contributed by atoms with Gasteiger partial charge in [-0.3, -0.25) is 4.90 Å². The van der Waals surface area contributed by atoms with Crippen LogP contribution < -0.4 is 4.74 Å². The van der Waals surface area contributed by atoms with Gasteiger partial charge in [-0.2, -0.15) is 0 Å². The first kappa shape index (κ1) is 22.5. The van der Waals surface area contributed by atoms with E-state index >= 15 is 0 Å². The summed E-state index contributed by atoms with van der Waals surface area (Å²) in [5.74, 6) is 0.594. The fourth-order valence-corrected chi connectivity index (χ4v) is 3.64. The van der Waals surface area contributed by atoms with E-state index < -0.39 is 6.10 Å². The summed E-state index contributed by atoms with van der Waals surface area (Å²) in [6, 6.07) is 15.7. The van der Waals surface area contributed by atoms with Gasteiger partial charge < -0.3 is 14.6 Å². The zero-order valence-corrected chi connectivity index (χ0v) is 18.2. The Morgan fingerprint density at radius 3 is 2.67 bits per heavy atom. The van der Waals surface area contributed by atoms with Gasteiger partial charge in [-0.15, -0.1) is 12.4 Å². The molecule has 0 aromatic heterocycles. The summed E-state index contributed by atoms with van der Waals surface area (Å²) < 4.78 is 12.7. The lowest BCUT2D eigenvalue weighted by molar-refractivity contribution is -0.0804. The minimum atomic E-state index is -0.600. The Morgan fingerprint density at radius 1 is 1.26 bits per heavy atom. The molecule has 1 aliphatic heterocycles. The summed E-state index contributed by atoms with van der Waals surface area (Å²) in [6.45, 7) is 4.30. The molecule has 1 N–H and O–H groups in total. The first-order valence-corrected chi connectivity index (χ1v) is 9.88. The number of aliphatic hydroxyl groups excluding tert-OH is 1. The van der Waals surface area contributed by atoms with Crippen LogP contribution in [0.1, 0.15) is 18.6 Å². The molecule has 0 bridgehead atoms. The molecule has 2 aromatic rings. The molecular formula is C20H24BrCl2NO3. The van der Waals surface area contributed by atoms with Crippen molar-refractivity contribution >= 4 is 39.9 Å². The zero-order valence-electron chi connectivity index (χ0n) is 15.1. The Bertz CT molecular complexity index is 717. The van der Waals surface area contributed by atoms with E-state index in [4.69, 9.17) is 21.1 Å². The molecule has 0 spiro atoms. The predicted molar refractivity (Wildman–Crippen MR) is 114 cm³/mol. The summed E-state index contributed by atoms with van der Waals surface area (Å²) in [5, 5.41) is 11.0. The van der Waals surface area contributed by atoms with E-state index in [2.05, 4.69) is 39.9 Å². The highest BCUT2D eigenvalue weighted by molar-refractivity contribution is 9.10. The van der Waals surface area contributed by atoms with Crippen LogP contribution in [0.5, 0.6) is 5.75 Å². The van der Waals surface area contributed by atoms with Crippen molar-refractivity contribution in [2.75, 3.05) is 26.3 Å². The van der Waals surface area contributed by atoms with Crippen molar-refractivity contribution in [1.29, 1.82) is 0 Å². The highest BCUT2D eigenvalue weighted by Crippen LogP contribution is 2.29. The normalized spacial score (nSPS) is 21.3. The van der Waals surface area contributed by atoms with Gasteiger partial charge in [-0.1, -0.05) is 51.8 Å². The lowest BCUT2D eigenvalue weighted by Crippen LogP contribution is -2.49. The number of halogens is 3. The van der Waals surface area contributed by atoms with Gasteiger partial charge in [-0.05, 0) is 36.8 Å². The molecule has 0 radical (unpaired) electrons. The number of β-amino-alcohol motifs (C(OH)–C–C–N with tert-alkyl or cyclic N) is 1. The SMILES string of the molecule is CC1C(c2ccc(Br)cc2)OCCN1CC(O)COc1ccccc1Cl.Cl. The number of benzene rings is 2. The maximum absolute atomic E-state index is 10.4. The van der Waals surface area contributed by atoms with Gasteiger partial charge in [0.2, 0.25) is 0 Å². The van der Waals surface area contributed by atoms with Crippen LogP contribution in [-0.2, 0) is 4.74 Å². The van der Waals surface area contributed by atoms with Crippen LogP contribution in [0.2, 0.25) is 5.02 Å². The number of hydrogen-bond donors (Lipinski definition) is 1. The summed E-state index contributed by atoms with van der Waals surface area (Å²) in [7, 11) is 0. The second kappa shape index (κ2) is 10.6. The van der Waals surface area contributed by atoms with E-state index in [0.717, 1.165) is 16.6 Å². The van der Waals surface area contributed by atoms with Crippen LogP contribution >= 0.6 is 39.9 Å². The molecule has 3 atom stereocenters. The monoisotopic (exact) mass is 475 g/mol. The summed E-state index contributed by atoms with van der Waals surface area (Å²) in [6.07, 6.45) is -0.606. The van der Waals surface area contributed by atoms with Crippen LogP contribution in [0.25, 0.3) is 0 Å². The van der Waals surface area contributed by atoms with Crippen LogP contribution in [0.4, 0.5) is 0 Å². The van der Waals surface area contributed by atoms with Crippen molar-refractivity contribution < 1.29 is 14.6 Å². The molecule has 1 aliphatic rings. The maximum Gasteiger partial charge on any atom is 0.138 e. The van der Waals surface area contributed by atoms with E-state index in [9.17, 15) is 5.11 Å². The van der Waals surface area contributed by atoms with Crippen molar-refractivity contribution in [3.05, 3.63) is 63.6 Å². The summed E-state index contributed by atoms with van der Waals surface area (Å²) in [5.41, 5.74) is 1.15. The standard InChI is InChI=1S/C20H23BrClNO3.ClH/c1-14-20(15-6-8-16(21)9-7-15)25-11-10-23(14)12-17(24)13-26-19-5-3-2-4-18(19)22;/h2-9,14,17,20,24H,10-13H2,1H3;1H. The topological polar surface area (TPSA) is 41.9 Å². The van der Waals surface area contributed by atoms with E-state index in [1.54, 1.807) is 12.1 Å². The molecule has 0 amide bonds. The van der Waals surface area contributed by atoms with Crippen molar-refractivity contribution in [2.24, 2.45) is 0 Å². The average Bonchev–Trinajstić information content (AvgIpc) is 2.64. The highest BCUT2D eigenvalue weighted by Gasteiger charge is 2.31. The number of hydrogen-bond acceptors (Lipinski definition) is 4. The van der Waals surface area contributed by atoms with Gasteiger partial charge in [-0.25, -0.2) is 0 Å². The largest absolute Gasteiger partial charge is 0.489 e. The minimum Gasteiger partial charge on any atom is -0.489 e. The van der Waals surface area contributed by atoms with Crippen molar-refractivity contribution in [3.8, 4) is 5.75 Å². The number of aliphatic hydroxyl groups is 1. The molecule has 27 heavy (non-hydrogen) atoms. The van der Waals surface area contributed by atoms with Crippen molar-refractivity contribution in [2.45, 2.75) is 25.2 Å². The van der Waals surface area contributed by atoms with Crippen molar-refractivity contribution in [1.82, 2.24) is 4.90 Å². The smallest absolute Gasteiger partial charge is 0.138 e. The summed E-state index contributed by atoms with van der Waals surface area (Å²) >= 11 is 9.55. The Hall–Kier alpha value is -0.820. The molecule has 3 unspecified atom stereocenters. The Morgan fingerprint density at radius 2 is 1.96 bits per heavy atom. The molecule has 148 valence electrons. The first-order valence-electron chi connectivity index (χ1n) is 8.71. The predicted octanol–water partition coefficient (Wildman–Crippen LogP) is 4.73. The molecule has 1 heterocycles. The number of para-hydroxylation sites is 1. The third-order valence-electron chi connectivity index (χ3n) is 4.60. The molecule has 0 aliphatic carbocycles. The average molecular weight is 477 g/mol. The van der Waals surface area contributed by atoms with Gasteiger partial charge >= 0.3 is 0 Å². The van der Waals surface area contributed by atoms with Crippen molar-refractivity contribution in [3.63, 3.8) is 0 Å². The summed E-state index contributed by atoms with van der Waals surface area (Å²) in [4.78, 5) is 2.25. The lowest BCUT2D eigenvalue weighted by atomic mass is 10.0. The Kier molecular flexibility index (Phi) is 8.86. The Balaban J connectivity index is 0.00000261.